The largest absolute Gasteiger partial charge is 0.481 e. The highest BCUT2D eigenvalue weighted by molar-refractivity contribution is 7.11. The first-order valence-corrected chi connectivity index (χ1v) is 10.2. The van der Waals surface area contributed by atoms with Gasteiger partial charge in [0.25, 0.3) is 0 Å². The van der Waals surface area contributed by atoms with Crippen molar-refractivity contribution in [3.8, 4) is 0 Å². The zero-order valence-corrected chi connectivity index (χ0v) is 16.6. The Morgan fingerprint density at radius 3 is 2.42 bits per heavy atom. The highest BCUT2D eigenvalue weighted by Gasteiger charge is 2.30. The first kappa shape index (κ1) is 19.1. The van der Waals surface area contributed by atoms with Gasteiger partial charge in [0.15, 0.2) is 0 Å². The summed E-state index contributed by atoms with van der Waals surface area (Å²) in [6, 6.07) is 0. The lowest BCUT2D eigenvalue weighted by Crippen LogP contribution is -2.38. The van der Waals surface area contributed by atoms with E-state index in [0.717, 1.165) is 49.2 Å². The van der Waals surface area contributed by atoms with Crippen LogP contribution in [0.1, 0.15) is 68.0 Å². The average molecular weight is 381 g/mol. The quantitative estimate of drug-likeness (QED) is 0.843. The number of amides is 1. The average Bonchev–Trinajstić information content (AvgIpc) is 2.86. The Morgan fingerprint density at radius 2 is 1.81 bits per heavy atom. The van der Waals surface area contributed by atoms with Crippen LogP contribution in [0.3, 0.4) is 0 Å². The molecule has 1 aromatic heterocycles. The van der Waals surface area contributed by atoms with Gasteiger partial charge < -0.3 is 14.7 Å². The van der Waals surface area contributed by atoms with E-state index < -0.39 is 11.6 Å². The summed E-state index contributed by atoms with van der Waals surface area (Å²) in [6.07, 6.45) is 4.64. The smallest absolute Gasteiger partial charge is 0.410 e. The van der Waals surface area contributed by atoms with Gasteiger partial charge in [-0.15, -0.1) is 11.3 Å². The summed E-state index contributed by atoms with van der Waals surface area (Å²) >= 11 is 1.75. The van der Waals surface area contributed by atoms with Gasteiger partial charge in [-0.1, -0.05) is 0 Å². The van der Waals surface area contributed by atoms with E-state index in [4.69, 9.17) is 14.8 Å². The molecule has 1 saturated carbocycles. The van der Waals surface area contributed by atoms with Crippen molar-refractivity contribution < 1.29 is 19.4 Å². The Kier molecular flexibility index (Phi) is 5.55. The number of carboxylic acid groups (broad SMARTS) is 1. The second kappa shape index (κ2) is 7.55. The maximum absolute atomic E-state index is 12.3. The van der Waals surface area contributed by atoms with Crippen LogP contribution in [0.2, 0.25) is 0 Å². The lowest BCUT2D eigenvalue weighted by molar-refractivity contribution is -0.142. The second-order valence-electron chi connectivity index (χ2n) is 8.28. The SMILES string of the molecule is CC(C)(C)OC(=O)N1CCc2nc(C3CCC(C(=O)O)CC3)sc2CC1. The van der Waals surface area contributed by atoms with E-state index in [2.05, 4.69) is 0 Å². The lowest BCUT2D eigenvalue weighted by atomic mass is 9.82. The van der Waals surface area contributed by atoms with E-state index in [-0.39, 0.29) is 12.0 Å². The van der Waals surface area contributed by atoms with Gasteiger partial charge in [0.2, 0.25) is 0 Å². The molecule has 0 bridgehead atoms. The molecule has 1 aliphatic carbocycles. The molecule has 1 aliphatic heterocycles. The Bertz CT molecular complexity index is 646. The minimum absolute atomic E-state index is 0.188. The number of hydrogen-bond acceptors (Lipinski definition) is 5. The molecule has 0 aromatic carbocycles. The van der Waals surface area contributed by atoms with Crippen LogP contribution >= 0.6 is 11.3 Å². The molecular weight excluding hydrogens is 352 g/mol. The Morgan fingerprint density at radius 1 is 1.15 bits per heavy atom. The zero-order valence-electron chi connectivity index (χ0n) is 15.8. The van der Waals surface area contributed by atoms with Crippen LogP contribution in [0.15, 0.2) is 0 Å². The maximum Gasteiger partial charge on any atom is 0.410 e. The molecule has 3 rings (SSSR count). The van der Waals surface area contributed by atoms with Crippen LogP contribution in [0.4, 0.5) is 4.79 Å². The highest BCUT2D eigenvalue weighted by atomic mass is 32.1. The number of nitrogens with zero attached hydrogens (tertiary/aromatic N) is 2. The molecule has 2 heterocycles. The van der Waals surface area contributed by atoms with E-state index in [1.807, 2.05) is 20.8 Å². The lowest BCUT2D eigenvalue weighted by Gasteiger charge is -2.26. The summed E-state index contributed by atoms with van der Waals surface area (Å²) in [6.45, 7) is 6.94. The molecule has 0 spiro atoms. The number of aromatic nitrogens is 1. The van der Waals surface area contributed by atoms with Gasteiger partial charge in [-0.25, -0.2) is 9.78 Å². The summed E-state index contributed by atoms with van der Waals surface area (Å²) in [5.41, 5.74) is 0.630. The summed E-state index contributed by atoms with van der Waals surface area (Å²) in [4.78, 5) is 31.3. The molecule has 144 valence electrons. The van der Waals surface area contributed by atoms with Crippen molar-refractivity contribution in [2.75, 3.05) is 13.1 Å². The van der Waals surface area contributed by atoms with Crippen LogP contribution in [0.5, 0.6) is 0 Å². The van der Waals surface area contributed by atoms with Crippen molar-refractivity contribution in [3.05, 3.63) is 15.6 Å². The normalized spacial score (nSPS) is 23.9. The Balaban J connectivity index is 1.60. The number of rotatable bonds is 2. The van der Waals surface area contributed by atoms with Crippen molar-refractivity contribution >= 4 is 23.4 Å². The van der Waals surface area contributed by atoms with Crippen LogP contribution < -0.4 is 0 Å². The molecule has 0 saturated heterocycles. The number of ether oxygens (including phenoxy) is 1. The fourth-order valence-corrected chi connectivity index (χ4v) is 4.92. The zero-order chi connectivity index (χ0) is 18.9. The van der Waals surface area contributed by atoms with Crippen LogP contribution in [0.25, 0.3) is 0 Å². The van der Waals surface area contributed by atoms with E-state index >= 15 is 0 Å². The summed E-state index contributed by atoms with van der Waals surface area (Å²) < 4.78 is 5.48. The van der Waals surface area contributed by atoms with Gasteiger partial charge in [-0.2, -0.15) is 0 Å². The van der Waals surface area contributed by atoms with Crippen LogP contribution in [-0.4, -0.2) is 45.7 Å². The van der Waals surface area contributed by atoms with Crippen LogP contribution in [0, 0.1) is 5.92 Å². The monoisotopic (exact) mass is 380 g/mol. The van der Waals surface area contributed by atoms with Gasteiger partial charge >= 0.3 is 12.1 Å². The third kappa shape index (κ3) is 4.55. The van der Waals surface area contributed by atoms with Crippen molar-refractivity contribution in [1.82, 2.24) is 9.88 Å². The topological polar surface area (TPSA) is 79.7 Å². The van der Waals surface area contributed by atoms with Gasteiger partial charge in [-0.3, -0.25) is 4.79 Å². The fraction of sp³-hybridized carbons (Fsp3) is 0.737. The molecule has 1 aromatic rings. The van der Waals surface area contributed by atoms with E-state index in [9.17, 15) is 9.59 Å². The van der Waals surface area contributed by atoms with Gasteiger partial charge in [0, 0.05) is 36.7 Å². The minimum Gasteiger partial charge on any atom is -0.481 e. The fourth-order valence-electron chi connectivity index (χ4n) is 3.65. The molecule has 6 nitrogen and oxygen atoms in total. The standard InChI is InChI=1S/C19H28N2O4S/c1-19(2,3)25-18(24)21-10-8-14-15(9-11-21)26-16(20-14)12-4-6-13(7-5-12)17(22)23/h12-13H,4-11H2,1-3H3,(H,22,23). The summed E-state index contributed by atoms with van der Waals surface area (Å²) in [5, 5.41) is 10.3. The van der Waals surface area contributed by atoms with E-state index in [1.165, 1.54) is 4.88 Å². The van der Waals surface area contributed by atoms with Crippen molar-refractivity contribution in [1.29, 1.82) is 0 Å². The molecule has 1 fully saturated rings. The number of carboxylic acids is 1. The molecular formula is C19H28N2O4S. The first-order chi connectivity index (χ1) is 12.2. The predicted octanol–water partition coefficient (Wildman–Crippen LogP) is 3.84. The predicted molar refractivity (Wildman–Crippen MR) is 99.7 cm³/mol. The van der Waals surface area contributed by atoms with Crippen molar-refractivity contribution in [2.45, 2.75) is 70.8 Å². The maximum atomic E-state index is 12.3. The molecule has 7 heteroatoms. The molecule has 0 unspecified atom stereocenters. The molecule has 1 amide bonds. The number of fused-ring (bicyclic) bond motifs is 1. The van der Waals surface area contributed by atoms with Gasteiger partial charge in [0.1, 0.15) is 5.60 Å². The molecule has 0 radical (unpaired) electrons. The number of aliphatic carboxylic acids is 1. The summed E-state index contributed by atoms with van der Waals surface area (Å²) in [5.74, 6) is -0.462. The third-order valence-electron chi connectivity index (χ3n) is 5.10. The number of thiazole rings is 1. The van der Waals surface area contributed by atoms with Crippen LogP contribution in [-0.2, 0) is 22.4 Å². The molecule has 2 aliphatic rings. The number of carbonyl (C=O) groups is 2. The van der Waals surface area contributed by atoms with Crippen molar-refractivity contribution in [3.63, 3.8) is 0 Å². The Hall–Kier alpha value is -1.63. The number of carbonyl (C=O) groups excluding carboxylic acids is 1. The number of hydrogen-bond donors (Lipinski definition) is 1. The molecule has 26 heavy (non-hydrogen) atoms. The van der Waals surface area contributed by atoms with E-state index in [1.54, 1.807) is 16.2 Å². The van der Waals surface area contributed by atoms with E-state index in [0.29, 0.717) is 19.0 Å². The second-order valence-corrected chi connectivity index (χ2v) is 9.39. The molecule has 0 atom stereocenters. The third-order valence-corrected chi connectivity index (χ3v) is 6.42. The first-order valence-electron chi connectivity index (χ1n) is 9.42. The highest BCUT2D eigenvalue weighted by Crippen LogP contribution is 2.39. The Labute approximate surface area is 158 Å². The summed E-state index contributed by atoms with van der Waals surface area (Å²) in [7, 11) is 0. The van der Waals surface area contributed by atoms with Gasteiger partial charge in [-0.05, 0) is 46.5 Å². The van der Waals surface area contributed by atoms with Crippen molar-refractivity contribution in [2.24, 2.45) is 5.92 Å². The molecule has 1 N–H and O–H groups in total. The minimum atomic E-state index is -0.666. The van der Waals surface area contributed by atoms with Gasteiger partial charge in [0.05, 0.1) is 16.6 Å².